The van der Waals surface area contributed by atoms with Crippen LogP contribution in [-0.2, 0) is 23.0 Å². The van der Waals surface area contributed by atoms with Crippen LogP contribution in [0.4, 0.5) is 0 Å². The average molecular weight is 343 g/mol. The smallest absolute Gasteiger partial charge is 0.223 e. The lowest BCUT2D eigenvalue weighted by Crippen LogP contribution is -2.42. The van der Waals surface area contributed by atoms with Crippen LogP contribution >= 0.6 is 0 Å². The molecule has 25 heavy (non-hydrogen) atoms. The molecule has 1 amide bonds. The van der Waals surface area contributed by atoms with E-state index in [1.165, 1.54) is 0 Å². The van der Waals surface area contributed by atoms with Gasteiger partial charge in [-0.1, -0.05) is 0 Å². The van der Waals surface area contributed by atoms with Gasteiger partial charge >= 0.3 is 0 Å². The summed E-state index contributed by atoms with van der Waals surface area (Å²) in [5, 5.41) is 4.33. The molecule has 0 aliphatic carbocycles. The van der Waals surface area contributed by atoms with Crippen molar-refractivity contribution in [2.75, 3.05) is 19.7 Å². The minimum absolute atomic E-state index is 0.152. The zero-order valence-corrected chi connectivity index (χ0v) is 15.3. The maximum absolute atomic E-state index is 12.6. The van der Waals surface area contributed by atoms with Gasteiger partial charge in [0.05, 0.1) is 24.5 Å². The molecule has 7 heteroatoms. The Hall–Kier alpha value is -2.28. The Morgan fingerprint density at radius 2 is 2.12 bits per heavy atom. The number of rotatable bonds is 4. The van der Waals surface area contributed by atoms with Crippen LogP contribution in [0.5, 0.6) is 0 Å². The van der Waals surface area contributed by atoms with Gasteiger partial charge in [0.2, 0.25) is 5.91 Å². The zero-order valence-electron chi connectivity index (χ0n) is 15.3. The van der Waals surface area contributed by atoms with Crippen LogP contribution < -0.4 is 0 Å². The normalized spacial score (nSPS) is 17.8. The molecule has 0 N–H and O–H groups in total. The Bertz CT molecular complexity index is 751. The van der Waals surface area contributed by atoms with Gasteiger partial charge in [-0.3, -0.25) is 9.48 Å². The topological polar surface area (TPSA) is 73.1 Å². The molecule has 0 bridgehead atoms. The van der Waals surface area contributed by atoms with E-state index in [2.05, 4.69) is 15.1 Å². The quantitative estimate of drug-likeness (QED) is 0.844. The first-order valence-electron chi connectivity index (χ1n) is 8.63. The van der Waals surface area contributed by atoms with E-state index < -0.39 is 0 Å². The van der Waals surface area contributed by atoms with Gasteiger partial charge in [-0.2, -0.15) is 5.10 Å². The summed E-state index contributed by atoms with van der Waals surface area (Å²) in [5.74, 6) is 0.883. The lowest BCUT2D eigenvalue weighted by atomic mass is 10.1. The Morgan fingerprint density at radius 3 is 2.80 bits per heavy atom. The SMILES string of the molecule is Cc1cc(C2CN(C(=O)CCc3cn(C)nc3C)CCO2)nc(C)n1. The highest BCUT2D eigenvalue weighted by Crippen LogP contribution is 2.22. The Kier molecular flexibility index (Phi) is 5.13. The maximum atomic E-state index is 12.6. The van der Waals surface area contributed by atoms with Crippen LogP contribution in [0.1, 0.15) is 41.0 Å². The van der Waals surface area contributed by atoms with E-state index in [4.69, 9.17) is 4.74 Å². The number of carbonyl (C=O) groups excluding carboxylic acids is 1. The van der Waals surface area contributed by atoms with Crippen LogP contribution in [0.25, 0.3) is 0 Å². The lowest BCUT2D eigenvalue weighted by Gasteiger charge is -2.33. The monoisotopic (exact) mass is 343 g/mol. The summed E-state index contributed by atoms with van der Waals surface area (Å²) in [5.41, 5.74) is 3.89. The van der Waals surface area contributed by atoms with Crippen LogP contribution in [0, 0.1) is 20.8 Å². The van der Waals surface area contributed by atoms with Crippen molar-refractivity contribution in [2.24, 2.45) is 7.05 Å². The van der Waals surface area contributed by atoms with E-state index >= 15 is 0 Å². The fourth-order valence-corrected chi connectivity index (χ4v) is 3.26. The van der Waals surface area contributed by atoms with Crippen molar-refractivity contribution >= 4 is 5.91 Å². The number of hydrogen-bond donors (Lipinski definition) is 0. The Morgan fingerprint density at radius 1 is 1.32 bits per heavy atom. The van der Waals surface area contributed by atoms with Crippen LogP contribution in [0.2, 0.25) is 0 Å². The molecule has 1 unspecified atom stereocenters. The Labute approximate surface area is 148 Å². The average Bonchev–Trinajstić information content (AvgIpc) is 2.89. The van der Waals surface area contributed by atoms with E-state index in [0.29, 0.717) is 32.5 Å². The molecule has 0 radical (unpaired) electrons. The largest absolute Gasteiger partial charge is 0.368 e. The maximum Gasteiger partial charge on any atom is 0.223 e. The van der Waals surface area contributed by atoms with Crippen molar-refractivity contribution in [1.82, 2.24) is 24.6 Å². The first-order chi connectivity index (χ1) is 11.9. The molecule has 1 fully saturated rings. The van der Waals surface area contributed by atoms with E-state index in [-0.39, 0.29) is 12.0 Å². The molecule has 1 aliphatic rings. The van der Waals surface area contributed by atoms with Gasteiger partial charge in [0.25, 0.3) is 0 Å². The standard InChI is InChI=1S/C18H25N5O2/c1-12-9-16(20-14(3)19-12)17-11-23(7-8-25-17)18(24)6-5-15-10-22(4)21-13(15)2/h9-10,17H,5-8,11H2,1-4H3. The number of carbonyl (C=O) groups is 1. The molecule has 0 spiro atoms. The third-order valence-electron chi connectivity index (χ3n) is 4.46. The predicted octanol–water partition coefficient (Wildman–Crippen LogP) is 1.67. The molecule has 1 aliphatic heterocycles. The molecule has 134 valence electrons. The summed E-state index contributed by atoms with van der Waals surface area (Å²) in [7, 11) is 1.90. The van der Waals surface area contributed by atoms with Gasteiger partial charge < -0.3 is 9.64 Å². The second-order valence-electron chi connectivity index (χ2n) is 6.59. The number of morpholine rings is 1. The van der Waals surface area contributed by atoms with Crippen LogP contribution in [0.15, 0.2) is 12.3 Å². The first-order valence-corrected chi connectivity index (χ1v) is 8.63. The first kappa shape index (κ1) is 17.5. The van der Waals surface area contributed by atoms with Crippen molar-refractivity contribution in [3.63, 3.8) is 0 Å². The third kappa shape index (κ3) is 4.22. The molecule has 3 rings (SSSR count). The van der Waals surface area contributed by atoms with Crippen molar-refractivity contribution in [1.29, 1.82) is 0 Å². The molecule has 1 atom stereocenters. The summed E-state index contributed by atoms with van der Waals surface area (Å²) in [6.07, 6.45) is 3.00. The van der Waals surface area contributed by atoms with Gasteiger partial charge in [-0.15, -0.1) is 0 Å². The predicted molar refractivity (Wildman–Crippen MR) is 93.0 cm³/mol. The summed E-state index contributed by atoms with van der Waals surface area (Å²) < 4.78 is 7.63. The fourth-order valence-electron chi connectivity index (χ4n) is 3.26. The molecular formula is C18H25N5O2. The molecular weight excluding hydrogens is 318 g/mol. The van der Waals surface area contributed by atoms with E-state index in [9.17, 15) is 4.79 Å². The van der Waals surface area contributed by atoms with Crippen molar-refractivity contribution < 1.29 is 9.53 Å². The number of amides is 1. The minimum atomic E-state index is -0.182. The van der Waals surface area contributed by atoms with Crippen LogP contribution in [-0.4, -0.2) is 50.3 Å². The Balaban J connectivity index is 1.62. The number of aromatic nitrogens is 4. The van der Waals surface area contributed by atoms with Gasteiger partial charge in [0, 0.05) is 31.9 Å². The van der Waals surface area contributed by atoms with Gasteiger partial charge in [0.15, 0.2) is 0 Å². The number of aryl methyl sites for hydroxylation is 5. The number of nitrogens with zero attached hydrogens (tertiary/aromatic N) is 5. The van der Waals surface area contributed by atoms with Gasteiger partial charge in [0.1, 0.15) is 11.9 Å². The number of ether oxygens (including phenoxy) is 1. The third-order valence-corrected chi connectivity index (χ3v) is 4.46. The molecule has 7 nitrogen and oxygen atoms in total. The van der Waals surface area contributed by atoms with Crippen LogP contribution in [0.3, 0.4) is 0 Å². The molecule has 3 heterocycles. The van der Waals surface area contributed by atoms with E-state index in [1.807, 2.05) is 45.0 Å². The highest BCUT2D eigenvalue weighted by molar-refractivity contribution is 5.76. The second-order valence-corrected chi connectivity index (χ2v) is 6.59. The second kappa shape index (κ2) is 7.31. The van der Waals surface area contributed by atoms with Crippen molar-refractivity contribution in [3.8, 4) is 0 Å². The highest BCUT2D eigenvalue weighted by atomic mass is 16.5. The minimum Gasteiger partial charge on any atom is -0.368 e. The molecule has 0 aromatic carbocycles. The van der Waals surface area contributed by atoms with E-state index in [1.54, 1.807) is 4.68 Å². The summed E-state index contributed by atoms with van der Waals surface area (Å²) >= 11 is 0. The summed E-state index contributed by atoms with van der Waals surface area (Å²) in [6, 6.07) is 1.94. The molecule has 2 aromatic heterocycles. The van der Waals surface area contributed by atoms with Gasteiger partial charge in [-0.05, 0) is 38.8 Å². The van der Waals surface area contributed by atoms with Gasteiger partial charge in [-0.25, -0.2) is 9.97 Å². The van der Waals surface area contributed by atoms with Crippen molar-refractivity contribution in [3.05, 3.63) is 40.7 Å². The lowest BCUT2D eigenvalue weighted by molar-refractivity contribution is -0.139. The summed E-state index contributed by atoms with van der Waals surface area (Å²) in [4.78, 5) is 23.3. The zero-order chi connectivity index (χ0) is 18.0. The fraction of sp³-hybridized carbons (Fsp3) is 0.556. The van der Waals surface area contributed by atoms with E-state index in [0.717, 1.165) is 28.5 Å². The van der Waals surface area contributed by atoms with Crippen molar-refractivity contribution in [2.45, 2.75) is 39.7 Å². The molecule has 2 aromatic rings. The number of hydrogen-bond acceptors (Lipinski definition) is 5. The molecule has 0 saturated carbocycles. The highest BCUT2D eigenvalue weighted by Gasteiger charge is 2.26. The molecule has 1 saturated heterocycles. The summed E-state index contributed by atoms with van der Waals surface area (Å²) in [6.45, 7) is 7.50.